The molecular weight excluding hydrogens is 288 g/mol. The van der Waals surface area contributed by atoms with Crippen molar-refractivity contribution in [2.24, 2.45) is 0 Å². The molecule has 0 fully saturated rings. The molecule has 3 rings (SSSR count). The van der Waals surface area contributed by atoms with Crippen LogP contribution in [0.2, 0.25) is 0 Å². The van der Waals surface area contributed by atoms with Crippen molar-refractivity contribution in [1.82, 2.24) is 15.0 Å². The number of nitrogens with one attached hydrogen (secondary N) is 2. The van der Waals surface area contributed by atoms with Crippen LogP contribution >= 0.6 is 0 Å². The van der Waals surface area contributed by atoms with Crippen LogP contribution in [0.3, 0.4) is 0 Å². The van der Waals surface area contributed by atoms with Crippen LogP contribution in [0.25, 0.3) is 10.9 Å². The van der Waals surface area contributed by atoms with Crippen LogP contribution in [-0.4, -0.2) is 28.1 Å². The van der Waals surface area contributed by atoms with Gasteiger partial charge in [-0.25, -0.2) is 4.98 Å². The fourth-order valence-electron chi connectivity index (χ4n) is 2.61. The highest BCUT2D eigenvalue weighted by Crippen LogP contribution is 2.19. The first-order valence-electron chi connectivity index (χ1n) is 8.09. The highest BCUT2D eigenvalue weighted by Gasteiger charge is 2.06. The number of nitrogens with zero attached hydrogens (tertiary/aromatic N) is 2. The number of benzene rings is 1. The van der Waals surface area contributed by atoms with Gasteiger partial charge in [0.2, 0.25) is 5.88 Å². The van der Waals surface area contributed by atoms with E-state index in [0.29, 0.717) is 12.5 Å². The molecule has 0 aliphatic carbocycles. The standard InChI is InChI=1S/C18H22N4O/c1-3-16-21-17(11-18(22-16)23-4-2)19-10-9-13-12-20-15-8-6-5-7-14(13)15/h5-8,11-12,20H,3-4,9-10H2,1-2H3,(H,19,21,22). The first-order valence-corrected chi connectivity index (χ1v) is 8.09. The summed E-state index contributed by atoms with van der Waals surface area (Å²) in [6, 6.07) is 10.2. The molecule has 0 aliphatic heterocycles. The molecule has 2 aromatic heterocycles. The smallest absolute Gasteiger partial charge is 0.218 e. The lowest BCUT2D eigenvalue weighted by Crippen LogP contribution is -2.09. The minimum Gasteiger partial charge on any atom is -0.478 e. The van der Waals surface area contributed by atoms with Gasteiger partial charge in [-0.1, -0.05) is 25.1 Å². The Kier molecular flexibility index (Phi) is 4.76. The molecule has 0 amide bonds. The second-order valence-corrected chi connectivity index (χ2v) is 5.33. The average molecular weight is 310 g/mol. The van der Waals surface area contributed by atoms with Crippen LogP contribution in [-0.2, 0) is 12.8 Å². The van der Waals surface area contributed by atoms with Gasteiger partial charge >= 0.3 is 0 Å². The zero-order valence-corrected chi connectivity index (χ0v) is 13.6. The van der Waals surface area contributed by atoms with E-state index in [1.54, 1.807) is 0 Å². The largest absolute Gasteiger partial charge is 0.478 e. The fourth-order valence-corrected chi connectivity index (χ4v) is 2.61. The highest BCUT2D eigenvalue weighted by atomic mass is 16.5. The molecule has 0 radical (unpaired) electrons. The summed E-state index contributed by atoms with van der Waals surface area (Å²) in [4.78, 5) is 12.2. The van der Waals surface area contributed by atoms with Gasteiger partial charge in [0, 0.05) is 36.1 Å². The Morgan fingerprint density at radius 1 is 1.17 bits per heavy atom. The van der Waals surface area contributed by atoms with Gasteiger partial charge in [-0.3, -0.25) is 0 Å². The maximum atomic E-state index is 5.50. The zero-order valence-electron chi connectivity index (χ0n) is 13.6. The molecule has 5 heteroatoms. The summed E-state index contributed by atoms with van der Waals surface area (Å²) in [6.07, 6.45) is 3.80. The molecule has 1 aromatic carbocycles. The molecule has 0 atom stereocenters. The number of para-hydroxylation sites is 1. The number of hydrogen-bond acceptors (Lipinski definition) is 4. The lowest BCUT2D eigenvalue weighted by Gasteiger charge is -2.09. The molecule has 3 aromatic rings. The number of aryl methyl sites for hydroxylation is 1. The summed E-state index contributed by atoms with van der Waals surface area (Å²) >= 11 is 0. The third-order valence-corrected chi connectivity index (χ3v) is 3.73. The van der Waals surface area contributed by atoms with Crippen molar-refractivity contribution in [2.45, 2.75) is 26.7 Å². The normalized spacial score (nSPS) is 10.9. The maximum Gasteiger partial charge on any atom is 0.218 e. The Bertz CT molecular complexity index is 782. The number of ether oxygens (including phenoxy) is 1. The molecule has 5 nitrogen and oxygen atoms in total. The van der Waals surface area contributed by atoms with Gasteiger partial charge < -0.3 is 15.0 Å². The Labute approximate surface area is 136 Å². The zero-order chi connectivity index (χ0) is 16.1. The Balaban J connectivity index is 1.67. The van der Waals surface area contributed by atoms with E-state index in [1.807, 2.05) is 26.0 Å². The summed E-state index contributed by atoms with van der Waals surface area (Å²) in [5, 5.41) is 4.66. The summed E-state index contributed by atoms with van der Waals surface area (Å²) in [5.41, 5.74) is 2.49. The van der Waals surface area contributed by atoms with Gasteiger partial charge in [-0.2, -0.15) is 4.98 Å². The van der Waals surface area contributed by atoms with Gasteiger partial charge in [0.05, 0.1) is 6.61 Å². The lowest BCUT2D eigenvalue weighted by molar-refractivity contribution is 0.325. The number of H-pyrrole nitrogens is 1. The van der Waals surface area contributed by atoms with E-state index in [4.69, 9.17) is 4.74 Å². The number of hydrogen-bond donors (Lipinski definition) is 2. The van der Waals surface area contributed by atoms with E-state index in [-0.39, 0.29) is 0 Å². The Morgan fingerprint density at radius 3 is 2.87 bits per heavy atom. The van der Waals surface area contributed by atoms with Crippen LogP contribution < -0.4 is 10.1 Å². The first-order chi connectivity index (χ1) is 11.3. The summed E-state index contributed by atoms with van der Waals surface area (Å²) in [5.74, 6) is 2.25. The van der Waals surface area contributed by atoms with E-state index in [0.717, 1.165) is 31.0 Å². The predicted molar refractivity (Wildman–Crippen MR) is 93.1 cm³/mol. The minimum absolute atomic E-state index is 0.606. The predicted octanol–water partition coefficient (Wildman–Crippen LogP) is 3.57. The van der Waals surface area contributed by atoms with Crippen molar-refractivity contribution >= 4 is 16.7 Å². The molecule has 2 heterocycles. The van der Waals surface area contributed by atoms with Crippen molar-refractivity contribution in [2.75, 3.05) is 18.5 Å². The third-order valence-electron chi connectivity index (χ3n) is 3.73. The monoisotopic (exact) mass is 310 g/mol. The molecule has 0 spiro atoms. The lowest BCUT2D eigenvalue weighted by atomic mass is 10.1. The molecule has 0 bridgehead atoms. The van der Waals surface area contributed by atoms with Gasteiger partial charge in [-0.05, 0) is 25.0 Å². The van der Waals surface area contributed by atoms with Crippen LogP contribution in [0.15, 0.2) is 36.5 Å². The number of rotatable bonds is 7. The number of fused-ring (bicyclic) bond motifs is 1. The summed E-state index contributed by atoms with van der Waals surface area (Å²) in [7, 11) is 0. The third kappa shape index (κ3) is 3.62. The van der Waals surface area contributed by atoms with Crippen LogP contribution in [0.1, 0.15) is 25.2 Å². The molecule has 2 N–H and O–H groups in total. The molecular formula is C18H22N4O. The van der Waals surface area contributed by atoms with Gasteiger partial charge in [0.1, 0.15) is 11.6 Å². The number of aromatic amines is 1. The van der Waals surface area contributed by atoms with Crippen molar-refractivity contribution in [1.29, 1.82) is 0 Å². The van der Waals surface area contributed by atoms with Crippen LogP contribution in [0.5, 0.6) is 5.88 Å². The Morgan fingerprint density at radius 2 is 2.04 bits per heavy atom. The van der Waals surface area contributed by atoms with Crippen molar-refractivity contribution in [3.05, 3.63) is 47.9 Å². The second-order valence-electron chi connectivity index (χ2n) is 5.33. The van der Waals surface area contributed by atoms with Gasteiger partial charge in [-0.15, -0.1) is 0 Å². The highest BCUT2D eigenvalue weighted by molar-refractivity contribution is 5.83. The van der Waals surface area contributed by atoms with E-state index in [9.17, 15) is 0 Å². The van der Waals surface area contributed by atoms with Gasteiger partial charge in [0.25, 0.3) is 0 Å². The molecule has 0 unspecified atom stereocenters. The van der Waals surface area contributed by atoms with Crippen molar-refractivity contribution in [3.63, 3.8) is 0 Å². The fraction of sp³-hybridized carbons (Fsp3) is 0.333. The van der Waals surface area contributed by atoms with E-state index < -0.39 is 0 Å². The van der Waals surface area contributed by atoms with E-state index in [1.165, 1.54) is 16.5 Å². The molecule has 23 heavy (non-hydrogen) atoms. The van der Waals surface area contributed by atoms with E-state index in [2.05, 4.69) is 44.7 Å². The van der Waals surface area contributed by atoms with Crippen LogP contribution in [0, 0.1) is 0 Å². The second kappa shape index (κ2) is 7.13. The van der Waals surface area contributed by atoms with Gasteiger partial charge in [0.15, 0.2) is 0 Å². The molecule has 0 saturated carbocycles. The average Bonchev–Trinajstić information content (AvgIpc) is 2.98. The van der Waals surface area contributed by atoms with Crippen molar-refractivity contribution < 1.29 is 4.74 Å². The van der Waals surface area contributed by atoms with E-state index >= 15 is 0 Å². The SMILES string of the molecule is CCOc1cc(NCCc2c[nH]c3ccccc23)nc(CC)n1. The molecule has 0 aliphatic rings. The Hall–Kier alpha value is -2.56. The summed E-state index contributed by atoms with van der Waals surface area (Å²) < 4.78 is 5.50. The molecule has 0 saturated heterocycles. The quantitative estimate of drug-likeness (QED) is 0.700. The maximum absolute atomic E-state index is 5.50. The van der Waals surface area contributed by atoms with Crippen molar-refractivity contribution in [3.8, 4) is 5.88 Å². The summed E-state index contributed by atoms with van der Waals surface area (Å²) in [6.45, 7) is 5.42. The minimum atomic E-state index is 0.606. The topological polar surface area (TPSA) is 62.8 Å². The molecule has 120 valence electrons. The van der Waals surface area contributed by atoms with Crippen LogP contribution in [0.4, 0.5) is 5.82 Å². The number of anilines is 1. The first kappa shape index (κ1) is 15.3. The number of aromatic nitrogens is 3.